The van der Waals surface area contributed by atoms with Gasteiger partial charge in [0.05, 0.1) is 6.20 Å². The number of hydrogen-bond acceptors (Lipinski definition) is 5. The van der Waals surface area contributed by atoms with E-state index in [4.69, 9.17) is 0 Å². The Balaban J connectivity index is 1.36. The Morgan fingerprint density at radius 1 is 1.25 bits per heavy atom. The van der Waals surface area contributed by atoms with Crippen molar-refractivity contribution in [3.8, 4) is 0 Å². The van der Waals surface area contributed by atoms with E-state index in [-0.39, 0.29) is 29.9 Å². The molecule has 0 aliphatic carbocycles. The molecule has 0 atom stereocenters. The number of aromatic nitrogens is 4. The summed E-state index contributed by atoms with van der Waals surface area (Å²) in [5.41, 5.74) is 1.11. The zero-order chi connectivity index (χ0) is 19.7. The van der Waals surface area contributed by atoms with Crippen LogP contribution in [-0.2, 0) is 18.4 Å². The van der Waals surface area contributed by atoms with Gasteiger partial charge >= 0.3 is 0 Å². The van der Waals surface area contributed by atoms with Crippen LogP contribution < -0.4 is 10.9 Å². The highest BCUT2D eigenvalue weighted by Gasteiger charge is 2.23. The minimum atomic E-state index is -0.265. The summed E-state index contributed by atoms with van der Waals surface area (Å²) in [6.07, 6.45) is 4.45. The number of benzene rings is 1. The lowest BCUT2D eigenvalue weighted by Crippen LogP contribution is -2.44. The summed E-state index contributed by atoms with van der Waals surface area (Å²) in [5.74, 6) is -0.368. The Morgan fingerprint density at radius 2 is 1.96 bits per heavy atom. The first kappa shape index (κ1) is 18.1. The molecule has 1 aromatic carbocycles. The molecular weight excluding hydrogens is 363 g/mol. The van der Waals surface area contributed by atoms with E-state index in [9.17, 15) is 14.0 Å². The van der Waals surface area contributed by atoms with Gasteiger partial charge in [-0.3, -0.25) is 18.8 Å². The summed E-state index contributed by atoms with van der Waals surface area (Å²) >= 11 is 0. The zero-order valence-electron chi connectivity index (χ0n) is 15.5. The van der Waals surface area contributed by atoms with E-state index < -0.39 is 0 Å². The van der Waals surface area contributed by atoms with Crippen LogP contribution in [0.15, 0.2) is 41.6 Å². The van der Waals surface area contributed by atoms with E-state index in [0.29, 0.717) is 24.1 Å². The third kappa shape index (κ3) is 3.60. The highest BCUT2D eigenvalue weighted by Crippen LogP contribution is 2.17. The van der Waals surface area contributed by atoms with Crippen molar-refractivity contribution in [1.82, 2.24) is 24.2 Å². The molecule has 0 saturated carbocycles. The van der Waals surface area contributed by atoms with Crippen LogP contribution in [0.25, 0.3) is 11.0 Å². The number of aryl methyl sites for hydroxylation is 1. The van der Waals surface area contributed by atoms with Crippen LogP contribution >= 0.6 is 0 Å². The Morgan fingerprint density at radius 3 is 2.68 bits per heavy atom. The summed E-state index contributed by atoms with van der Waals surface area (Å²) in [7, 11) is 1.72. The lowest BCUT2D eigenvalue weighted by molar-refractivity contribution is -0.132. The van der Waals surface area contributed by atoms with Crippen molar-refractivity contribution < 1.29 is 9.18 Å². The molecule has 1 N–H and O–H groups in total. The number of carbonyl (C=O) groups excluding carboxylic acids is 1. The van der Waals surface area contributed by atoms with E-state index in [0.717, 1.165) is 18.5 Å². The van der Waals surface area contributed by atoms with E-state index in [1.54, 1.807) is 24.1 Å². The van der Waals surface area contributed by atoms with Crippen molar-refractivity contribution in [2.75, 3.05) is 18.4 Å². The monoisotopic (exact) mass is 384 g/mol. The Bertz CT molecular complexity index is 1050. The third-order valence-electron chi connectivity index (χ3n) is 5.09. The van der Waals surface area contributed by atoms with Crippen molar-refractivity contribution in [3.05, 3.63) is 53.0 Å². The minimum Gasteiger partial charge on any atom is -0.382 e. The van der Waals surface area contributed by atoms with Gasteiger partial charge in [-0.1, -0.05) is 0 Å². The van der Waals surface area contributed by atoms with Crippen LogP contribution in [0.4, 0.5) is 10.1 Å². The number of amides is 1. The topological polar surface area (TPSA) is 85.0 Å². The molecule has 1 saturated heterocycles. The van der Waals surface area contributed by atoms with Gasteiger partial charge in [-0.2, -0.15) is 5.10 Å². The van der Waals surface area contributed by atoms with E-state index in [1.165, 1.54) is 33.9 Å². The van der Waals surface area contributed by atoms with Crippen LogP contribution in [0.3, 0.4) is 0 Å². The van der Waals surface area contributed by atoms with Crippen molar-refractivity contribution in [1.29, 1.82) is 0 Å². The van der Waals surface area contributed by atoms with Crippen LogP contribution in [0, 0.1) is 5.82 Å². The van der Waals surface area contributed by atoms with Gasteiger partial charge in [0.25, 0.3) is 5.56 Å². The summed E-state index contributed by atoms with van der Waals surface area (Å²) in [6, 6.07) is 6.49. The second-order valence-corrected chi connectivity index (χ2v) is 6.99. The molecule has 3 heterocycles. The lowest BCUT2D eigenvalue weighted by Gasteiger charge is -2.33. The fraction of sp³-hybridized carbons (Fsp3) is 0.368. The van der Waals surface area contributed by atoms with Crippen molar-refractivity contribution in [2.24, 2.45) is 7.05 Å². The molecule has 146 valence electrons. The quantitative estimate of drug-likeness (QED) is 0.734. The number of nitrogens with one attached hydrogen (secondary N) is 1. The number of likely N-dealkylation sites (tertiary alicyclic amines) is 1. The molecule has 1 amide bonds. The van der Waals surface area contributed by atoms with Crippen molar-refractivity contribution in [3.63, 3.8) is 0 Å². The van der Waals surface area contributed by atoms with Crippen LogP contribution in [0.2, 0.25) is 0 Å². The molecule has 3 aromatic rings. The number of halogens is 1. The van der Waals surface area contributed by atoms with Crippen molar-refractivity contribution in [2.45, 2.75) is 25.4 Å². The van der Waals surface area contributed by atoms with Crippen LogP contribution in [-0.4, -0.2) is 49.3 Å². The zero-order valence-corrected chi connectivity index (χ0v) is 15.5. The maximum atomic E-state index is 13.0. The van der Waals surface area contributed by atoms with Gasteiger partial charge in [0.1, 0.15) is 24.1 Å². The predicted molar refractivity (Wildman–Crippen MR) is 102 cm³/mol. The third-order valence-corrected chi connectivity index (χ3v) is 5.09. The van der Waals surface area contributed by atoms with Gasteiger partial charge < -0.3 is 10.2 Å². The second-order valence-electron chi connectivity index (χ2n) is 6.99. The normalized spacial score (nSPS) is 15.1. The number of piperidine rings is 1. The Kier molecular flexibility index (Phi) is 4.81. The molecule has 4 rings (SSSR count). The number of anilines is 1. The molecule has 1 aliphatic rings. The molecule has 0 spiro atoms. The lowest BCUT2D eigenvalue weighted by atomic mass is 10.0. The molecule has 0 radical (unpaired) electrons. The minimum absolute atomic E-state index is 0.0350. The molecule has 28 heavy (non-hydrogen) atoms. The number of nitrogens with zero attached hydrogens (tertiary/aromatic N) is 5. The summed E-state index contributed by atoms with van der Waals surface area (Å²) < 4.78 is 15.9. The molecule has 1 fully saturated rings. The highest BCUT2D eigenvalue weighted by molar-refractivity contribution is 5.77. The first-order chi connectivity index (χ1) is 13.5. The highest BCUT2D eigenvalue weighted by atomic mass is 19.1. The maximum absolute atomic E-state index is 13.0. The molecule has 1 aliphatic heterocycles. The number of hydrogen-bond donors (Lipinski definition) is 1. The van der Waals surface area contributed by atoms with Gasteiger partial charge in [0.15, 0.2) is 5.65 Å². The largest absolute Gasteiger partial charge is 0.382 e. The SMILES string of the molecule is Cn1ncc2c(=O)n(CC(=O)N3CCC(Nc4ccc(F)cc4)CC3)cnc21. The smallest absolute Gasteiger partial charge is 0.264 e. The average molecular weight is 384 g/mol. The molecule has 9 heteroatoms. The standard InChI is InChI=1S/C19H21FN6O2/c1-24-18-16(10-22-24)19(28)26(12-21-18)11-17(27)25-8-6-15(7-9-25)23-14-4-2-13(20)3-5-14/h2-5,10,12,15,23H,6-9,11H2,1H3. The summed E-state index contributed by atoms with van der Waals surface area (Å²) in [6.45, 7) is 1.18. The van der Waals surface area contributed by atoms with E-state index in [2.05, 4.69) is 15.4 Å². The van der Waals surface area contributed by atoms with Gasteiger partial charge in [0, 0.05) is 31.9 Å². The number of rotatable bonds is 4. The van der Waals surface area contributed by atoms with Gasteiger partial charge in [0.2, 0.25) is 5.91 Å². The van der Waals surface area contributed by atoms with E-state index >= 15 is 0 Å². The van der Waals surface area contributed by atoms with Crippen LogP contribution in [0.1, 0.15) is 12.8 Å². The number of carbonyl (C=O) groups is 1. The second kappa shape index (κ2) is 7.41. The average Bonchev–Trinajstić information content (AvgIpc) is 3.08. The van der Waals surface area contributed by atoms with Gasteiger partial charge in [-0.15, -0.1) is 0 Å². The first-order valence-electron chi connectivity index (χ1n) is 9.18. The fourth-order valence-electron chi connectivity index (χ4n) is 3.48. The molecule has 0 bridgehead atoms. The summed E-state index contributed by atoms with van der Waals surface area (Å²) in [5, 5.41) is 7.80. The number of fused-ring (bicyclic) bond motifs is 1. The van der Waals surface area contributed by atoms with Gasteiger partial charge in [-0.05, 0) is 37.1 Å². The predicted octanol–water partition coefficient (Wildman–Crippen LogP) is 1.37. The van der Waals surface area contributed by atoms with Crippen LogP contribution in [0.5, 0.6) is 0 Å². The first-order valence-corrected chi connectivity index (χ1v) is 9.18. The van der Waals surface area contributed by atoms with Gasteiger partial charge in [-0.25, -0.2) is 9.37 Å². The maximum Gasteiger partial charge on any atom is 0.264 e. The summed E-state index contributed by atoms with van der Waals surface area (Å²) in [4.78, 5) is 31.1. The Labute approximate surface area is 160 Å². The molecular formula is C19H21FN6O2. The Hall–Kier alpha value is -3.23. The fourth-order valence-corrected chi connectivity index (χ4v) is 3.48. The van der Waals surface area contributed by atoms with E-state index in [1.807, 2.05) is 0 Å². The van der Waals surface area contributed by atoms with Crippen molar-refractivity contribution >= 4 is 22.6 Å². The molecule has 0 unspecified atom stereocenters. The molecule has 2 aromatic heterocycles. The molecule has 8 nitrogen and oxygen atoms in total.